The third-order valence-corrected chi connectivity index (χ3v) is 5.07. The molecule has 0 heterocycles. The molecule has 2 aliphatic carbocycles. The molecule has 0 aromatic heterocycles. The summed E-state index contributed by atoms with van der Waals surface area (Å²) in [7, 11) is 0. The molecular formula is C16H22Cl2N2O. The van der Waals surface area contributed by atoms with Gasteiger partial charge in [-0.15, -0.1) is 12.4 Å². The van der Waals surface area contributed by atoms with Crippen LogP contribution in [0.4, 0.5) is 0 Å². The maximum atomic E-state index is 12.5. The van der Waals surface area contributed by atoms with Crippen molar-refractivity contribution in [3.8, 4) is 0 Å². The van der Waals surface area contributed by atoms with Gasteiger partial charge >= 0.3 is 0 Å². The fourth-order valence-corrected chi connectivity index (χ4v) is 3.75. The molecule has 1 atom stereocenters. The first-order valence-electron chi connectivity index (χ1n) is 7.47. The second-order valence-corrected chi connectivity index (χ2v) is 6.50. The van der Waals surface area contributed by atoms with Gasteiger partial charge in [-0.05, 0) is 42.9 Å². The number of fused-ring (bicyclic) bond motifs is 1. The van der Waals surface area contributed by atoms with E-state index in [-0.39, 0.29) is 24.4 Å². The summed E-state index contributed by atoms with van der Waals surface area (Å²) in [6, 6.07) is 5.99. The van der Waals surface area contributed by atoms with E-state index in [0.29, 0.717) is 0 Å². The van der Waals surface area contributed by atoms with Crippen LogP contribution in [0.3, 0.4) is 0 Å². The summed E-state index contributed by atoms with van der Waals surface area (Å²) < 4.78 is 0. The lowest BCUT2D eigenvalue weighted by atomic mass is 9.81. The summed E-state index contributed by atoms with van der Waals surface area (Å²) in [4.78, 5) is 12.5. The van der Waals surface area contributed by atoms with Crippen LogP contribution in [0.5, 0.6) is 0 Å². The van der Waals surface area contributed by atoms with E-state index in [1.54, 1.807) is 0 Å². The van der Waals surface area contributed by atoms with E-state index in [9.17, 15) is 4.79 Å². The van der Waals surface area contributed by atoms with Crippen LogP contribution >= 0.6 is 24.0 Å². The molecule has 21 heavy (non-hydrogen) atoms. The number of nitrogens with one attached hydrogen (secondary N) is 1. The highest BCUT2D eigenvalue weighted by Crippen LogP contribution is 2.36. The quantitative estimate of drug-likeness (QED) is 0.872. The first-order chi connectivity index (χ1) is 9.60. The average molecular weight is 329 g/mol. The molecule has 1 fully saturated rings. The van der Waals surface area contributed by atoms with Crippen LogP contribution in [0.2, 0.25) is 5.02 Å². The van der Waals surface area contributed by atoms with Gasteiger partial charge in [0.25, 0.3) is 0 Å². The number of rotatable bonds is 2. The smallest absolute Gasteiger partial charge is 0.240 e. The average Bonchev–Trinajstić information content (AvgIpc) is 2.84. The zero-order chi connectivity index (χ0) is 14.2. The Morgan fingerprint density at radius 3 is 2.71 bits per heavy atom. The largest absolute Gasteiger partial charge is 0.348 e. The molecular weight excluding hydrogens is 307 g/mol. The van der Waals surface area contributed by atoms with Gasteiger partial charge in [0.2, 0.25) is 5.91 Å². The number of amides is 1. The van der Waals surface area contributed by atoms with Crippen molar-refractivity contribution >= 4 is 29.9 Å². The number of carbonyl (C=O) groups is 1. The number of benzene rings is 1. The molecule has 0 radical (unpaired) electrons. The maximum Gasteiger partial charge on any atom is 0.240 e. The molecule has 3 N–H and O–H groups in total. The lowest BCUT2D eigenvalue weighted by Gasteiger charge is -2.33. The van der Waals surface area contributed by atoms with Gasteiger partial charge in [0.1, 0.15) is 0 Å². The Morgan fingerprint density at radius 2 is 2.00 bits per heavy atom. The van der Waals surface area contributed by atoms with E-state index in [1.165, 1.54) is 12.0 Å². The Balaban J connectivity index is 0.00000161. The summed E-state index contributed by atoms with van der Waals surface area (Å²) >= 11 is 6.21. The van der Waals surface area contributed by atoms with Crippen molar-refractivity contribution < 1.29 is 4.79 Å². The third kappa shape index (κ3) is 3.20. The first kappa shape index (κ1) is 16.6. The van der Waals surface area contributed by atoms with E-state index in [1.807, 2.05) is 12.1 Å². The zero-order valence-corrected chi connectivity index (χ0v) is 13.6. The summed E-state index contributed by atoms with van der Waals surface area (Å²) in [5.74, 6) is 0.00928. The second-order valence-electron chi connectivity index (χ2n) is 6.09. The van der Waals surface area contributed by atoms with Crippen molar-refractivity contribution in [1.82, 2.24) is 5.32 Å². The highest BCUT2D eigenvalue weighted by Gasteiger charge is 2.37. The fraction of sp³-hybridized carbons (Fsp3) is 0.562. The molecule has 3 rings (SSSR count). The maximum absolute atomic E-state index is 12.5. The molecule has 2 aliphatic rings. The molecule has 0 bridgehead atoms. The normalized spacial score (nSPS) is 23.0. The molecule has 0 aliphatic heterocycles. The van der Waals surface area contributed by atoms with Crippen LogP contribution < -0.4 is 11.1 Å². The highest BCUT2D eigenvalue weighted by atomic mass is 35.5. The molecule has 1 aromatic carbocycles. The van der Waals surface area contributed by atoms with Crippen LogP contribution in [0, 0.1) is 0 Å². The minimum absolute atomic E-state index is 0. The standard InChI is InChI=1S/C16H21ClN2O.ClH/c17-13-6-4-5-12-11(13)7-8-14(12)19-15(20)16(18)9-2-1-3-10-16;/h4-6,14H,1-3,7-10,18H2,(H,19,20);1H. The Morgan fingerprint density at radius 1 is 1.29 bits per heavy atom. The summed E-state index contributed by atoms with van der Waals surface area (Å²) in [5, 5.41) is 3.95. The predicted molar refractivity (Wildman–Crippen MR) is 87.9 cm³/mol. The van der Waals surface area contributed by atoms with Crippen molar-refractivity contribution in [1.29, 1.82) is 0 Å². The predicted octanol–water partition coefficient (Wildman–Crippen LogP) is 3.53. The summed E-state index contributed by atoms with van der Waals surface area (Å²) in [6.45, 7) is 0. The van der Waals surface area contributed by atoms with E-state index in [2.05, 4.69) is 11.4 Å². The van der Waals surface area contributed by atoms with Crippen LogP contribution in [0.25, 0.3) is 0 Å². The van der Waals surface area contributed by atoms with Crippen molar-refractivity contribution in [2.24, 2.45) is 5.73 Å². The minimum atomic E-state index is -0.667. The molecule has 3 nitrogen and oxygen atoms in total. The molecule has 116 valence electrons. The van der Waals surface area contributed by atoms with Crippen molar-refractivity contribution in [3.05, 3.63) is 34.3 Å². The number of hydrogen-bond donors (Lipinski definition) is 2. The van der Waals surface area contributed by atoms with E-state index in [4.69, 9.17) is 17.3 Å². The third-order valence-electron chi connectivity index (χ3n) is 4.72. The van der Waals surface area contributed by atoms with Crippen molar-refractivity contribution in [2.75, 3.05) is 0 Å². The number of nitrogens with two attached hydrogens (primary N) is 1. The first-order valence-corrected chi connectivity index (χ1v) is 7.85. The topological polar surface area (TPSA) is 55.1 Å². The summed E-state index contributed by atoms with van der Waals surface area (Å²) in [6.07, 6.45) is 6.74. The molecule has 0 spiro atoms. The molecule has 5 heteroatoms. The van der Waals surface area contributed by atoms with Crippen LogP contribution in [0.1, 0.15) is 55.7 Å². The Bertz CT molecular complexity index is 527. The van der Waals surface area contributed by atoms with E-state index in [0.717, 1.165) is 49.1 Å². The lowest BCUT2D eigenvalue weighted by Crippen LogP contribution is -2.55. The number of carbonyl (C=O) groups excluding carboxylic acids is 1. The summed E-state index contributed by atoms with van der Waals surface area (Å²) in [5.41, 5.74) is 7.96. The van der Waals surface area contributed by atoms with Crippen LogP contribution in [-0.2, 0) is 11.2 Å². The number of halogens is 2. The Kier molecular flexibility index (Phi) is 5.18. The SMILES string of the molecule is Cl.NC1(C(=O)NC2CCc3c(Cl)cccc32)CCCCC1. The Hall–Kier alpha value is -0.770. The molecule has 0 saturated heterocycles. The van der Waals surface area contributed by atoms with Gasteiger partial charge in [0.15, 0.2) is 0 Å². The van der Waals surface area contributed by atoms with Gasteiger partial charge < -0.3 is 11.1 Å². The lowest BCUT2D eigenvalue weighted by molar-refractivity contribution is -0.128. The van der Waals surface area contributed by atoms with E-state index < -0.39 is 5.54 Å². The van der Waals surface area contributed by atoms with Crippen molar-refractivity contribution in [3.63, 3.8) is 0 Å². The number of hydrogen-bond acceptors (Lipinski definition) is 2. The van der Waals surface area contributed by atoms with Gasteiger partial charge in [-0.2, -0.15) is 0 Å². The molecule has 1 aromatic rings. The molecule has 1 amide bonds. The van der Waals surface area contributed by atoms with Gasteiger partial charge in [0.05, 0.1) is 11.6 Å². The minimum Gasteiger partial charge on any atom is -0.348 e. The zero-order valence-electron chi connectivity index (χ0n) is 12.0. The second kappa shape index (κ2) is 6.55. The monoisotopic (exact) mass is 328 g/mol. The van der Waals surface area contributed by atoms with Gasteiger partial charge in [-0.3, -0.25) is 4.79 Å². The highest BCUT2D eigenvalue weighted by molar-refractivity contribution is 6.31. The van der Waals surface area contributed by atoms with Crippen LogP contribution in [-0.4, -0.2) is 11.4 Å². The van der Waals surface area contributed by atoms with E-state index >= 15 is 0 Å². The van der Waals surface area contributed by atoms with Gasteiger partial charge in [-0.1, -0.05) is 43.0 Å². The van der Waals surface area contributed by atoms with Crippen LogP contribution in [0.15, 0.2) is 18.2 Å². The van der Waals surface area contributed by atoms with Gasteiger partial charge in [-0.25, -0.2) is 0 Å². The van der Waals surface area contributed by atoms with Crippen molar-refractivity contribution in [2.45, 2.75) is 56.5 Å². The fourth-order valence-electron chi connectivity index (χ4n) is 3.47. The van der Waals surface area contributed by atoms with Gasteiger partial charge in [0, 0.05) is 5.02 Å². The molecule has 1 saturated carbocycles. The molecule has 1 unspecified atom stereocenters. The Labute approximate surface area is 137 Å².